The lowest BCUT2D eigenvalue weighted by Gasteiger charge is -2.08. The fraction of sp³-hybridized carbons (Fsp3) is 0.231. The molecule has 1 aromatic heterocycles. The predicted molar refractivity (Wildman–Crippen MR) is 78.8 cm³/mol. The van der Waals surface area contributed by atoms with Crippen LogP contribution in [0, 0.1) is 6.92 Å². The first-order chi connectivity index (χ1) is 9.56. The molecule has 0 unspecified atom stereocenters. The van der Waals surface area contributed by atoms with Gasteiger partial charge in [0.25, 0.3) is 0 Å². The van der Waals surface area contributed by atoms with Gasteiger partial charge in [-0.25, -0.2) is 4.68 Å². The lowest BCUT2D eigenvalue weighted by atomic mass is 10.2. The summed E-state index contributed by atoms with van der Waals surface area (Å²) in [5.74, 6) is 1.08. The molecule has 0 spiro atoms. The maximum absolute atomic E-state index is 8.85. The number of nitrogens with two attached hydrogens (primary N) is 1. The van der Waals surface area contributed by atoms with Crippen LogP contribution in [0.5, 0.6) is 11.6 Å². The Hall–Kier alpha value is -2.15. The zero-order chi connectivity index (χ0) is 14.7. The number of amidine groups is 1. The van der Waals surface area contributed by atoms with Crippen LogP contribution in [0.1, 0.15) is 11.3 Å². The Morgan fingerprint density at radius 1 is 1.40 bits per heavy atom. The van der Waals surface area contributed by atoms with Crippen LogP contribution in [-0.4, -0.2) is 27.1 Å². The molecule has 0 radical (unpaired) electrons. The molecule has 1 heterocycles. The Kier molecular flexibility index (Phi) is 4.19. The van der Waals surface area contributed by atoms with E-state index in [0.29, 0.717) is 22.9 Å². The van der Waals surface area contributed by atoms with E-state index in [1.807, 2.05) is 30.5 Å². The lowest BCUT2D eigenvalue weighted by molar-refractivity contribution is 0.318. The molecule has 7 heteroatoms. The van der Waals surface area contributed by atoms with Crippen molar-refractivity contribution in [2.24, 2.45) is 17.9 Å². The van der Waals surface area contributed by atoms with E-state index in [1.54, 1.807) is 30.4 Å². The van der Waals surface area contributed by atoms with E-state index in [-0.39, 0.29) is 5.84 Å². The van der Waals surface area contributed by atoms with E-state index in [0.717, 1.165) is 4.90 Å². The molecule has 0 bridgehead atoms. The number of thioether (sulfide) groups is 1. The fourth-order valence-electron chi connectivity index (χ4n) is 1.85. The fourth-order valence-corrected chi connectivity index (χ4v) is 2.26. The quantitative estimate of drug-likeness (QED) is 0.297. The summed E-state index contributed by atoms with van der Waals surface area (Å²) in [7, 11) is 1.74. The van der Waals surface area contributed by atoms with Crippen LogP contribution in [-0.2, 0) is 7.05 Å². The SMILES string of the molecule is CSc1ccc(Oc2c(C(N)=NO)c(C)nn2C)cc1. The Morgan fingerprint density at radius 2 is 2.05 bits per heavy atom. The molecule has 3 N–H and O–H groups in total. The number of hydrogen-bond acceptors (Lipinski definition) is 5. The number of ether oxygens (including phenoxy) is 1. The van der Waals surface area contributed by atoms with Crippen LogP contribution < -0.4 is 10.5 Å². The molecule has 0 saturated carbocycles. The van der Waals surface area contributed by atoms with Gasteiger partial charge in [-0.3, -0.25) is 0 Å². The maximum atomic E-state index is 8.85. The van der Waals surface area contributed by atoms with Crippen molar-refractivity contribution < 1.29 is 9.94 Å². The number of oxime groups is 1. The number of rotatable bonds is 4. The molecule has 0 aliphatic rings. The normalized spacial score (nSPS) is 11.7. The van der Waals surface area contributed by atoms with Gasteiger partial charge in [0.1, 0.15) is 11.3 Å². The minimum Gasteiger partial charge on any atom is -0.439 e. The summed E-state index contributed by atoms with van der Waals surface area (Å²) < 4.78 is 7.36. The monoisotopic (exact) mass is 292 g/mol. The van der Waals surface area contributed by atoms with E-state index >= 15 is 0 Å². The van der Waals surface area contributed by atoms with Gasteiger partial charge >= 0.3 is 0 Å². The minimum atomic E-state index is -0.0219. The van der Waals surface area contributed by atoms with Crippen molar-refractivity contribution in [2.75, 3.05) is 6.26 Å². The van der Waals surface area contributed by atoms with Gasteiger partial charge in [-0.1, -0.05) is 5.16 Å². The summed E-state index contributed by atoms with van der Waals surface area (Å²) >= 11 is 1.66. The van der Waals surface area contributed by atoms with Gasteiger partial charge in [-0.15, -0.1) is 11.8 Å². The second-order valence-electron chi connectivity index (χ2n) is 4.15. The Labute approximate surface area is 121 Å². The third-order valence-corrected chi connectivity index (χ3v) is 3.55. The van der Waals surface area contributed by atoms with E-state index in [2.05, 4.69) is 10.3 Å². The first-order valence-electron chi connectivity index (χ1n) is 5.90. The van der Waals surface area contributed by atoms with Gasteiger partial charge in [-0.05, 0) is 37.4 Å². The minimum absolute atomic E-state index is 0.0219. The van der Waals surface area contributed by atoms with Crippen molar-refractivity contribution in [1.29, 1.82) is 0 Å². The average molecular weight is 292 g/mol. The van der Waals surface area contributed by atoms with E-state index < -0.39 is 0 Å². The summed E-state index contributed by atoms with van der Waals surface area (Å²) in [6.07, 6.45) is 2.01. The first kappa shape index (κ1) is 14.3. The average Bonchev–Trinajstić information content (AvgIpc) is 2.73. The smallest absolute Gasteiger partial charge is 0.229 e. The third kappa shape index (κ3) is 2.72. The Morgan fingerprint density at radius 3 is 2.60 bits per heavy atom. The van der Waals surface area contributed by atoms with Crippen molar-refractivity contribution in [3.05, 3.63) is 35.5 Å². The largest absolute Gasteiger partial charge is 0.439 e. The molecular formula is C13H16N4O2S. The van der Waals surface area contributed by atoms with Gasteiger partial charge in [0.15, 0.2) is 5.84 Å². The molecule has 1 aromatic carbocycles. The van der Waals surface area contributed by atoms with Gasteiger partial charge < -0.3 is 15.7 Å². The second-order valence-corrected chi connectivity index (χ2v) is 5.03. The topological polar surface area (TPSA) is 85.7 Å². The van der Waals surface area contributed by atoms with E-state index in [9.17, 15) is 0 Å². The van der Waals surface area contributed by atoms with Gasteiger partial charge in [-0.2, -0.15) is 5.10 Å². The van der Waals surface area contributed by atoms with Crippen LogP contribution in [0.25, 0.3) is 0 Å². The zero-order valence-corrected chi connectivity index (χ0v) is 12.3. The molecule has 0 amide bonds. The van der Waals surface area contributed by atoms with Gasteiger partial charge in [0, 0.05) is 11.9 Å². The molecule has 0 aliphatic carbocycles. The van der Waals surface area contributed by atoms with Gasteiger partial charge in [0.05, 0.1) is 5.69 Å². The summed E-state index contributed by atoms with van der Waals surface area (Å²) in [6, 6.07) is 7.66. The molecule has 0 aliphatic heterocycles. The zero-order valence-electron chi connectivity index (χ0n) is 11.5. The molecule has 2 aromatic rings. The second kappa shape index (κ2) is 5.87. The molecule has 0 saturated heterocycles. The van der Waals surface area contributed by atoms with Crippen LogP contribution in [0.3, 0.4) is 0 Å². The van der Waals surface area contributed by atoms with Gasteiger partial charge in [0.2, 0.25) is 5.88 Å². The molecule has 0 atom stereocenters. The Bertz CT molecular complexity index is 635. The number of hydrogen-bond donors (Lipinski definition) is 2. The number of aryl methyl sites for hydroxylation is 2. The van der Waals surface area contributed by atoms with Crippen molar-refractivity contribution in [3.63, 3.8) is 0 Å². The molecule has 106 valence electrons. The summed E-state index contributed by atoms with van der Waals surface area (Å²) in [6.45, 7) is 1.77. The Balaban J connectivity index is 2.37. The van der Waals surface area contributed by atoms with Crippen molar-refractivity contribution in [3.8, 4) is 11.6 Å². The molecular weight excluding hydrogens is 276 g/mol. The predicted octanol–water partition coefficient (Wildman–Crippen LogP) is 2.34. The van der Waals surface area contributed by atoms with E-state index in [1.165, 1.54) is 0 Å². The highest BCUT2D eigenvalue weighted by molar-refractivity contribution is 7.98. The van der Waals surface area contributed by atoms with Crippen LogP contribution in [0.2, 0.25) is 0 Å². The van der Waals surface area contributed by atoms with Crippen LogP contribution in [0.15, 0.2) is 34.3 Å². The van der Waals surface area contributed by atoms with Crippen LogP contribution >= 0.6 is 11.8 Å². The molecule has 2 rings (SSSR count). The van der Waals surface area contributed by atoms with Crippen molar-refractivity contribution in [1.82, 2.24) is 9.78 Å². The summed E-state index contributed by atoms with van der Waals surface area (Å²) in [5, 5.41) is 16.1. The summed E-state index contributed by atoms with van der Waals surface area (Å²) in [5.41, 5.74) is 6.80. The first-order valence-corrected chi connectivity index (χ1v) is 7.12. The van der Waals surface area contributed by atoms with Crippen molar-refractivity contribution >= 4 is 17.6 Å². The third-order valence-electron chi connectivity index (χ3n) is 2.81. The molecule has 0 fully saturated rings. The standard InChI is InChI=1S/C13H16N4O2S/c1-8-11(12(14)16-18)13(17(2)15-8)19-9-4-6-10(20-3)7-5-9/h4-7,18H,1-3H3,(H2,14,16). The number of nitrogens with zero attached hydrogens (tertiary/aromatic N) is 3. The number of benzene rings is 1. The highest BCUT2D eigenvalue weighted by Crippen LogP contribution is 2.28. The van der Waals surface area contributed by atoms with Crippen molar-refractivity contribution in [2.45, 2.75) is 11.8 Å². The van der Waals surface area contributed by atoms with E-state index in [4.69, 9.17) is 15.7 Å². The highest BCUT2D eigenvalue weighted by atomic mass is 32.2. The number of aromatic nitrogens is 2. The molecule has 20 heavy (non-hydrogen) atoms. The maximum Gasteiger partial charge on any atom is 0.229 e. The highest BCUT2D eigenvalue weighted by Gasteiger charge is 2.19. The van der Waals surface area contributed by atoms with Crippen LogP contribution in [0.4, 0.5) is 0 Å². The molecule has 6 nitrogen and oxygen atoms in total. The lowest BCUT2D eigenvalue weighted by Crippen LogP contribution is -2.14. The summed E-state index contributed by atoms with van der Waals surface area (Å²) in [4.78, 5) is 1.15.